The molecule has 0 saturated heterocycles. The number of ether oxygens (including phenoxy) is 1. The summed E-state index contributed by atoms with van der Waals surface area (Å²) in [5.74, 6) is -0.945. The monoisotopic (exact) mass is 289 g/mol. The number of halogens is 1. The lowest BCUT2D eigenvalue weighted by Crippen LogP contribution is -2.07. The van der Waals surface area contributed by atoms with E-state index in [0.29, 0.717) is 11.3 Å². The van der Waals surface area contributed by atoms with E-state index in [1.807, 2.05) is 6.07 Å². The Morgan fingerprint density at radius 1 is 1.33 bits per heavy atom. The van der Waals surface area contributed by atoms with Crippen LogP contribution in [0.25, 0.3) is 11.1 Å². The van der Waals surface area contributed by atoms with Crippen LogP contribution in [0.4, 0.5) is 4.39 Å². The van der Waals surface area contributed by atoms with E-state index in [2.05, 4.69) is 4.98 Å². The van der Waals surface area contributed by atoms with Crippen molar-refractivity contribution in [1.29, 1.82) is 0 Å². The first-order chi connectivity index (χ1) is 10.1. The van der Waals surface area contributed by atoms with Gasteiger partial charge < -0.3 is 9.84 Å². The number of hydrogen-bond donors (Lipinski definition) is 1. The number of carboxylic acid groups (broad SMARTS) is 1. The number of alkyl halides is 1. The maximum atomic E-state index is 12.1. The van der Waals surface area contributed by atoms with Crippen molar-refractivity contribution in [3.05, 3.63) is 48.3 Å². The number of aromatic nitrogens is 1. The largest absolute Gasteiger partial charge is 0.491 e. The molecule has 0 aliphatic heterocycles. The van der Waals surface area contributed by atoms with Crippen LogP contribution in [-0.4, -0.2) is 29.3 Å². The summed E-state index contributed by atoms with van der Waals surface area (Å²) in [7, 11) is 0. The lowest BCUT2D eigenvalue weighted by atomic mass is 9.99. The molecule has 1 unspecified atom stereocenters. The highest BCUT2D eigenvalue weighted by molar-refractivity contribution is 5.76. The molecule has 1 aromatic heterocycles. The first-order valence-electron chi connectivity index (χ1n) is 6.58. The predicted octanol–water partition coefficient (Wildman–Crippen LogP) is 3.29. The van der Waals surface area contributed by atoms with Gasteiger partial charge in [0.2, 0.25) is 0 Å². The Bertz CT molecular complexity index is 630. The second-order valence-corrected chi connectivity index (χ2v) is 4.63. The molecular formula is C16H16FNO3. The van der Waals surface area contributed by atoms with Gasteiger partial charge in [-0.3, -0.25) is 9.78 Å². The summed E-state index contributed by atoms with van der Waals surface area (Å²) >= 11 is 0. The summed E-state index contributed by atoms with van der Waals surface area (Å²) in [6.45, 7) is 1.08. The van der Waals surface area contributed by atoms with Gasteiger partial charge in [0.1, 0.15) is 19.0 Å². The zero-order valence-corrected chi connectivity index (χ0v) is 11.6. The van der Waals surface area contributed by atoms with Gasteiger partial charge in [-0.15, -0.1) is 0 Å². The molecule has 2 rings (SSSR count). The molecule has 110 valence electrons. The zero-order valence-electron chi connectivity index (χ0n) is 11.6. The molecule has 21 heavy (non-hydrogen) atoms. The molecule has 0 bridgehead atoms. The Morgan fingerprint density at radius 3 is 2.86 bits per heavy atom. The molecule has 0 amide bonds. The molecule has 0 aliphatic rings. The quantitative estimate of drug-likeness (QED) is 0.886. The van der Waals surface area contributed by atoms with Crippen molar-refractivity contribution in [1.82, 2.24) is 4.98 Å². The van der Waals surface area contributed by atoms with Crippen molar-refractivity contribution in [3.63, 3.8) is 0 Å². The first kappa shape index (κ1) is 15.0. The standard InChI is InChI=1S/C16H16FNO3/c1-11(16(19)20)13-7-14(10-18-9-13)12-3-2-4-15(8-12)21-6-5-17/h2-4,7-11H,5-6H2,1H3,(H,19,20). The highest BCUT2D eigenvalue weighted by atomic mass is 19.1. The van der Waals surface area contributed by atoms with Gasteiger partial charge in [-0.1, -0.05) is 12.1 Å². The van der Waals surface area contributed by atoms with E-state index in [-0.39, 0.29) is 6.61 Å². The van der Waals surface area contributed by atoms with Crippen LogP contribution in [0.15, 0.2) is 42.7 Å². The molecule has 4 nitrogen and oxygen atoms in total. The number of nitrogens with zero attached hydrogens (tertiary/aromatic N) is 1. The Hall–Kier alpha value is -2.43. The number of rotatable bonds is 6. The topological polar surface area (TPSA) is 59.4 Å². The molecular weight excluding hydrogens is 273 g/mol. The minimum absolute atomic E-state index is 0.0117. The summed E-state index contributed by atoms with van der Waals surface area (Å²) in [6, 6.07) is 8.99. The molecule has 0 aliphatic carbocycles. The lowest BCUT2D eigenvalue weighted by molar-refractivity contribution is -0.138. The average molecular weight is 289 g/mol. The molecule has 5 heteroatoms. The fourth-order valence-corrected chi connectivity index (χ4v) is 1.92. The summed E-state index contributed by atoms with van der Waals surface area (Å²) in [6.07, 6.45) is 3.21. The second-order valence-electron chi connectivity index (χ2n) is 4.63. The number of carboxylic acids is 1. The van der Waals surface area contributed by atoms with Gasteiger partial charge in [-0.2, -0.15) is 0 Å². The summed E-state index contributed by atoms with van der Waals surface area (Å²) in [5, 5.41) is 9.05. The molecule has 1 aromatic carbocycles. The Labute approximate surface area is 122 Å². The molecule has 1 N–H and O–H groups in total. The second kappa shape index (κ2) is 6.83. The lowest BCUT2D eigenvalue weighted by Gasteiger charge is -2.10. The van der Waals surface area contributed by atoms with Crippen LogP contribution in [0, 0.1) is 0 Å². The van der Waals surface area contributed by atoms with Gasteiger partial charge in [-0.05, 0) is 36.2 Å². The molecule has 0 saturated carbocycles. The van der Waals surface area contributed by atoms with Gasteiger partial charge >= 0.3 is 5.97 Å². The first-order valence-corrected chi connectivity index (χ1v) is 6.58. The van der Waals surface area contributed by atoms with Crippen molar-refractivity contribution >= 4 is 5.97 Å². The van der Waals surface area contributed by atoms with Gasteiger partial charge in [0.05, 0.1) is 5.92 Å². The van der Waals surface area contributed by atoms with Crippen LogP contribution in [-0.2, 0) is 4.79 Å². The third kappa shape index (κ3) is 3.78. The summed E-state index contributed by atoms with van der Waals surface area (Å²) in [5.41, 5.74) is 2.28. The normalized spacial score (nSPS) is 11.9. The molecule has 2 aromatic rings. The van der Waals surface area contributed by atoms with E-state index >= 15 is 0 Å². The summed E-state index contributed by atoms with van der Waals surface area (Å²) < 4.78 is 17.4. The smallest absolute Gasteiger partial charge is 0.310 e. The van der Waals surface area contributed by atoms with Gasteiger partial charge in [-0.25, -0.2) is 4.39 Å². The van der Waals surface area contributed by atoms with Crippen molar-refractivity contribution in [2.45, 2.75) is 12.8 Å². The molecule has 1 heterocycles. The van der Waals surface area contributed by atoms with E-state index in [1.165, 1.54) is 0 Å². The van der Waals surface area contributed by atoms with Crippen LogP contribution in [0.5, 0.6) is 5.75 Å². The Morgan fingerprint density at radius 2 is 2.14 bits per heavy atom. The van der Waals surface area contributed by atoms with Crippen LogP contribution in [0.3, 0.4) is 0 Å². The maximum absolute atomic E-state index is 12.1. The number of benzene rings is 1. The van der Waals surface area contributed by atoms with Crippen molar-refractivity contribution in [2.75, 3.05) is 13.3 Å². The van der Waals surface area contributed by atoms with Crippen LogP contribution in [0.2, 0.25) is 0 Å². The average Bonchev–Trinajstić information content (AvgIpc) is 2.52. The summed E-state index contributed by atoms with van der Waals surface area (Å²) in [4.78, 5) is 15.1. The van der Waals surface area contributed by atoms with Gasteiger partial charge in [0.25, 0.3) is 0 Å². The molecule has 0 spiro atoms. The number of pyridine rings is 1. The number of carbonyl (C=O) groups is 1. The van der Waals surface area contributed by atoms with E-state index in [0.717, 1.165) is 11.1 Å². The number of hydrogen-bond acceptors (Lipinski definition) is 3. The van der Waals surface area contributed by atoms with E-state index < -0.39 is 18.6 Å². The van der Waals surface area contributed by atoms with E-state index in [4.69, 9.17) is 9.84 Å². The van der Waals surface area contributed by atoms with Crippen LogP contribution in [0.1, 0.15) is 18.4 Å². The zero-order chi connectivity index (χ0) is 15.2. The van der Waals surface area contributed by atoms with E-state index in [9.17, 15) is 9.18 Å². The Balaban J connectivity index is 2.29. The van der Waals surface area contributed by atoms with Crippen LogP contribution < -0.4 is 4.74 Å². The molecule has 0 fully saturated rings. The highest BCUT2D eigenvalue weighted by Crippen LogP contribution is 2.26. The SMILES string of the molecule is CC(C(=O)O)c1cncc(-c2cccc(OCCF)c2)c1. The molecule has 1 atom stereocenters. The minimum Gasteiger partial charge on any atom is -0.491 e. The fraction of sp³-hybridized carbons (Fsp3) is 0.250. The Kier molecular flexibility index (Phi) is 4.87. The minimum atomic E-state index is -0.894. The van der Waals surface area contributed by atoms with Gasteiger partial charge in [0.15, 0.2) is 0 Å². The van der Waals surface area contributed by atoms with Crippen molar-refractivity contribution in [2.24, 2.45) is 0 Å². The highest BCUT2D eigenvalue weighted by Gasteiger charge is 2.14. The molecule has 0 radical (unpaired) electrons. The van der Waals surface area contributed by atoms with Crippen molar-refractivity contribution < 1.29 is 19.0 Å². The number of aliphatic carboxylic acids is 1. The maximum Gasteiger partial charge on any atom is 0.310 e. The van der Waals surface area contributed by atoms with Gasteiger partial charge in [0, 0.05) is 18.0 Å². The van der Waals surface area contributed by atoms with E-state index in [1.54, 1.807) is 43.6 Å². The third-order valence-electron chi connectivity index (χ3n) is 3.14. The third-order valence-corrected chi connectivity index (χ3v) is 3.14. The van der Waals surface area contributed by atoms with Crippen molar-refractivity contribution in [3.8, 4) is 16.9 Å². The predicted molar refractivity (Wildman–Crippen MR) is 77.2 cm³/mol. The fourth-order valence-electron chi connectivity index (χ4n) is 1.92. The van der Waals surface area contributed by atoms with Crippen LogP contribution >= 0.6 is 0 Å².